The monoisotopic (exact) mass is 422 g/mol. The van der Waals surface area contributed by atoms with Crippen LogP contribution in [0.3, 0.4) is 0 Å². The van der Waals surface area contributed by atoms with Gasteiger partial charge in [0.2, 0.25) is 5.91 Å². The minimum atomic E-state index is -0.0776. The van der Waals surface area contributed by atoms with Gasteiger partial charge in [0.15, 0.2) is 11.0 Å². The molecule has 0 radical (unpaired) electrons. The lowest BCUT2D eigenvalue weighted by Gasteiger charge is -2.16. The summed E-state index contributed by atoms with van der Waals surface area (Å²) in [5.41, 5.74) is 4.72. The second-order valence-corrected chi connectivity index (χ2v) is 8.25. The van der Waals surface area contributed by atoms with Gasteiger partial charge in [-0.3, -0.25) is 4.79 Å². The topological polar surface area (TPSA) is 69.0 Å². The van der Waals surface area contributed by atoms with Crippen LogP contribution in [0.25, 0.3) is 11.4 Å². The molecule has 1 amide bonds. The Bertz CT molecular complexity index is 1030. The van der Waals surface area contributed by atoms with Crippen molar-refractivity contribution in [3.8, 4) is 17.1 Å². The maximum Gasteiger partial charge on any atom is 0.234 e. The van der Waals surface area contributed by atoms with Crippen molar-refractivity contribution in [2.24, 2.45) is 0 Å². The highest BCUT2D eigenvalue weighted by Gasteiger charge is 2.17. The summed E-state index contributed by atoms with van der Waals surface area (Å²) in [6.45, 7) is 2.83. The standard InChI is InChI=1S/C23H26N4O2S/c1-3-27-22(18-9-8-16-6-4-5-7-17(16)14-18)25-26-23(27)30-15-21(28)24-19-10-12-20(29-2)13-11-19/h8-14H,3-7,15H2,1-2H3,(H,24,28). The molecule has 0 saturated carbocycles. The molecule has 1 aliphatic carbocycles. The van der Waals surface area contributed by atoms with E-state index in [2.05, 4.69) is 45.2 Å². The number of methoxy groups -OCH3 is 1. The number of ether oxygens (including phenoxy) is 1. The van der Waals surface area contributed by atoms with Gasteiger partial charge >= 0.3 is 0 Å². The molecule has 6 nitrogen and oxygen atoms in total. The van der Waals surface area contributed by atoms with Gasteiger partial charge in [-0.1, -0.05) is 23.9 Å². The molecule has 7 heteroatoms. The van der Waals surface area contributed by atoms with E-state index in [0.717, 1.165) is 40.9 Å². The lowest BCUT2D eigenvalue weighted by molar-refractivity contribution is -0.113. The van der Waals surface area contributed by atoms with E-state index in [-0.39, 0.29) is 11.7 Å². The first-order valence-corrected chi connectivity index (χ1v) is 11.3. The number of amides is 1. The zero-order valence-corrected chi connectivity index (χ0v) is 18.2. The predicted octanol–water partition coefficient (Wildman–Crippen LogP) is 4.58. The number of nitrogens with zero attached hydrogens (tertiary/aromatic N) is 3. The van der Waals surface area contributed by atoms with Crippen LogP contribution in [0.15, 0.2) is 47.6 Å². The summed E-state index contributed by atoms with van der Waals surface area (Å²) in [6, 6.07) is 13.9. The summed E-state index contributed by atoms with van der Waals surface area (Å²) in [4.78, 5) is 12.4. The number of carbonyl (C=O) groups is 1. The Balaban J connectivity index is 1.44. The Morgan fingerprint density at radius 2 is 1.87 bits per heavy atom. The molecule has 156 valence electrons. The molecule has 3 aromatic rings. The number of hydrogen-bond acceptors (Lipinski definition) is 5. The summed E-state index contributed by atoms with van der Waals surface area (Å²) >= 11 is 1.40. The van der Waals surface area contributed by atoms with Crippen LogP contribution < -0.4 is 10.1 Å². The Kier molecular flexibility index (Phi) is 6.38. The molecular formula is C23H26N4O2S. The van der Waals surface area contributed by atoms with E-state index in [1.54, 1.807) is 7.11 Å². The number of anilines is 1. The Hall–Kier alpha value is -2.80. The van der Waals surface area contributed by atoms with Crippen molar-refractivity contribution in [2.45, 2.75) is 44.3 Å². The van der Waals surface area contributed by atoms with Gasteiger partial charge in [-0.15, -0.1) is 10.2 Å². The zero-order chi connectivity index (χ0) is 20.9. The number of hydrogen-bond donors (Lipinski definition) is 1. The third-order valence-electron chi connectivity index (χ3n) is 5.35. The minimum Gasteiger partial charge on any atom is -0.497 e. The highest BCUT2D eigenvalue weighted by Crippen LogP contribution is 2.29. The van der Waals surface area contributed by atoms with E-state index >= 15 is 0 Å². The molecule has 0 bridgehead atoms. The highest BCUT2D eigenvalue weighted by atomic mass is 32.2. The van der Waals surface area contributed by atoms with Crippen LogP contribution in [0, 0.1) is 0 Å². The second kappa shape index (κ2) is 9.34. The Morgan fingerprint density at radius 1 is 1.10 bits per heavy atom. The van der Waals surface area contributed by atoms with Gasteiger partial charge in [0.25, 0.3) is 0 Å². The zero-order valence-electron chi connectivity index (χ0n) is 17.4. The molecule has 1 heterocycles. The number of aromatic nitrogens is 3. The third kappa shape index (κ3) is 4.51. The molecule has 0 spiro atoms. The summed E-state index contributed by atoms with van der Waals surface area (Å²) in [6.07, 6.45) is 4.83. The summed E-state index contributed by atoms with van der Waals surface area (Å²) in [5.74, 6) is 1.82. The number of thioether (sulfide) groups is 1. The molecule has 0 unspecified atom stereocenters. The lowest BCUT2D eigenvalue weighted by Crippen LogP contribution is -2.14. The van der Waals surface area contributed by atoms with Crippen LogP contribution >= 0.6 is 11.8 Å². The normalized spacial score (nSPS) is 13.0. The van der Waals surface area contributed by atoms with Gasteiger partial charge in [0.1, 0.15) is 5.75 Å². The maximum absolute atomic E-state index is 12.4. The third-order valence-corrected chi connectivity index (χ3v) is 6.31. The van der Waals surface area contributed by atoms with Crippen LogP contribution in [-0.2, 0) is 24.2 Å². The van der Waals surface area contributed by atoms with E-state index in [1.807, 2.05) is 24.3 Å². The Morgan fingerprint density at radius 3 is 2.60 bits per heavy atom. The van der Waals surface area contributed by atoms with E-state index in [1.165, 1.54) is 42.2 Å². The first-order valence-electron chi connectivity index (χ1n) is 10.3. The SMILES string of the molecule is CCn1c(SCC(=O)Nc2ccc(OC)cc2)nnc1-c1ccc2c(c1)CCCC2. The van der Waals surface area contributed by atoms with Crippen molar-refractivity contribution in [1.82, 2.24) is 14.8 Å². The van der Waals surface area contributed by atoms with Crippen LogP contribution in [0.5, 0.6) is 5.75 Å². The average molecular weight is 423 g/mol. The van der Waals surface area contributed by atoms with Crippen molar-refractivity contribution in [1.29, 1.82) is 0 Å². The van der Waals surface area contributed by atoms with Gasteiger partial charge < -0.3 is 14.6 Å². The van der Waals surface area contributed by atoms with E-state index < -0.39 is 0 Å². The number of benzene rings is 2. The van der Waals surface area contributed by atoms with Crippen LogP contribution in [0.4, 0.5) is 5.69 Å². The average Bonchev–Trinajstić information content (AvgIpc) is 3.21. The molecule has 4 rings (SSSR count). The number of nitrogens with one attached hydrogen (secondary N) is 1. The molecule has 0 saturated heterocycles. The quantitative estimate of drug-likeness (QED) is 0.564. The Labute approximate surface area is 181 Å². The fraction of sp³-hybridized carbons (Fsp3) is 0.348. The second-order valence-electron chi connectivity index (χ2n) is 7.31. The number of carbonyl (C=O) groups excluding carboxylic acids is 1. The fourth-order valence-corrected chi connectivity index (χ4v) is 4.57. The van der Waals surface area contributed by atoms with Crippen LogP contribution in [0.2, 0.25) is 0 Å². The molecule has 0 aliphatic heterocycles. The largest absolute Gasteiger partial charge is 0.497 e. The molecule has 1 N–H and O–H groups in total. The van der Waals surface area contributed by atoms with Crippen LogP contribution in [0.1, 0.15) is 30.9 Å². The molecule has 2 aromatic carbocycles. The molecule has 1 aromatic heterocycles. The van der Waals surface area contributed by atoms with Crippen molar-refractivity contribution >= 4 is 23.4 Å². The fourth-order valence-electron chi connectivity index (χ4n) is 3.77. The van der Waals surface area contributed by atoms with E-state index in [0.29, 0.717) is 0 Å². The van der Waals surface area contributed by atoms with Crippen molar-refractivity contribution in [3.05, 3.63) is 53.6 Å². The van der Waals surface area contributed by atoms with Gasteiger partial charge in [0, 0.05) is 17.8 Å². The van der Waals surface area contributed by atoms with Crippen molar-refractivity contribution in [2.75, 3.05) is 18.2 Å². The number of rotatable bonds is 7. The van der Waals surface area contributed by atoms with Gasteiger partial charge in [-0.05, 0) is 74.1 Å². The highest BCUT2D eigenvalue weighted by molar-refractivity contribution is 7.99. The van der Waals surface area contributed by atoms with Crippen molar-refractivity contribution < 1.29 is 9.53 Å². The molecule has 0 fully saturated rings. The molecular weight excluding hydrogens is 396 g/mol. The van der Waals surface area contributed by atoms with E-state index in [9.17, 15) is 4.79 Å². The number of fused-ring (bicyclic) bond motifs is 1. The summed E-state index contributed by atoms with van der Waals surface area (Å²) < 4.78 is 7.22. The van der Waals surface area contributed by atoms with Crippen molar-refractivity contribution in [3.63, 3.8) is 0 Å². The molecule has 30 heavy (non-hydrogen) atoms. The first-order chi connectivity index (χ1) is 14.7. The summed E-state index contributed by atoms with van der Waals surface area (Å²) in [5, 5.41) is 12.5. The van der Waals surface area contributed by atoms with Gasteiger partial charge in [0.05, 0.1) is 12.9 Å². The lowest BCUT2D eigenvalue weighted by atomic mass is 9.90. The number of aryl methyl sites for hydroxylation is 2. The minimum absolute atomic E-state index is 0.0776. The summed E-state index contributed by atoms with van der Waals surface area (Å²) in [7, 11) is 1.62. The first kappa shape index (κ1) is 20.5. The van der Waals surface area contributed by atoms with Gasteiger partial charge in [-0.2, -0.15) is 0 Å². The van der Waals surface area contributed by atoms with Crippen LogP contribution in [-0.4, -0.2) is 33.5 Å². The maximum atomic E-state index is 12.4. The molecule has 1 aliphatic rings. The molecule has 0 atom stereocenters. The smallest absolute Gasteiger partial charge is 0.234 e. The predicted molar refractivity (Wildman–Crippen MR) is 120 cm³/mol. The van der Waals surface area contributed by atoms with Gasteiger partial charge in [-0.25, -0.2) is 0 Å². The van der Waals surface area contributed by atoms with E-state index in [4.69, 9.17) is 4.74 Å².